The lowest BCUT2D eigenvalue weighted by molar-refractivity contribution is 0.0952. The van der Waals surface area contributed by atoms with Gasteiger partial charge in [-0.25, -0.2) is 8.42 Å². The van der Waals surface area contributed by atoms with Crippen molar-refractivity contribution in [1.82, 2.24) is 5.32 Å². The molecule has 3 rings (SSSR count). The first-order chi connectivity index (χ1) is 14.9. The molecule has 162 valence electrons. The zero-order valence-electron chi connectivity index (χ0n) is 17.3. The van der Waals surface area contributed by atoms with E-state index in [0.29, 0.717) is 18.0 Å². The van der Waals surface area contributed by atoms with Gasteiger partial charge in [0.1, 0.15) is 5.75 Å². The van der Waals surface area contributed by atoms with Crippen molar-refractivity contribution in [1.29, 1.82) is 0 Å². The Balaban J connectivity index is 1.73. The average Bonchev–Trinajstić information content (AvgIpc) is 2.79. The molecule has 0 aliphatic carbocycles. The van der Waals surface area contributed by atoms with Crippen molar-refractivity contribution >= 4 is 33.4 Å². The molecule has 0 radical (unpaired) electrons. The molecule has 0 heterocycles. The lowest BCUT2D eigenvalue weighted by atomic mass is 10.2. The zero-order valence-corrected chi connectivity index (χ0v) is 18.9. The second-order valence-electron chi connectivity index (χ2n) is 6.63. The lowest BCUT2D eigenvalue weighted by Gasteiger charge is -2.12. The highest BCUT2D eigenvalue weighted by Crippen LogP contribution is 2.26. The predicted molar refractivity (Wildman–Crippen MR) is 124 cm³/mol. The summed E-state index contributed by atoms with van der Waals surface area (Å²) in [5, 5.41) is 2.66. The van der Waals surface area contributed by atoms with E-state index in [-0.39, 0.29) is 10.5 Å². The summed E-state index contributed by atoms with van der Waals surface area (Å²) in [5.41, 5.74) is 1.70. The van der Waals surface area contributed by atoms with Crippen molar-refractivity contribution in [3.05, 3.63) is 83.9 Å². The number of methoxy groups -OCH3 is 1. The van der Waals surface area contributed by atoms with Gasteiger partial charge in [0.15, 0.2) is 0 Å². The molecule has 1 amide bonds. The summed E-state index contributed by atoms with van der Waals surface area (Å²) in [4.78, 5) is 13.4. The van der Waals surface area contributed by atoms with E-state index in [1.165, 1.54) is 30.2 Å². The largest absolute Gasteiger partial charge is 0.496 e. The molecule has 0 aromatic heterocycles. The predicted octanol–water partition coefficient (Wildman–Crippen LogP) is 4.54. The molecule has 8 heteroatoms. The molecule has 0 aliphatic heterocycles. The monoisotopic (exact) mass is 456 g/mol. The number of hydrogen-bond acceptors (Lipinski definition) is 5. The Hall–Kier alpha value is -2.97. The highest BCUT2D eigenvalue weighted by molar-refractivity contribution is 7.98. The molecule has 0 saturated heterocycles. The minimum absolute atomic E-state index is 0.0155. The number of hydrogen-bond donors (Lipinski definition) is 2. The maximum atomic E-state index is 12.8. The molecule has 31 heavy (non-hydrogen) atoms. The molecule has 0 spiro atoms. The SMILES string of the molecule is CCNC(=O)c1cc(S(=O)(=O)Nc2ccc(CSc3ccccc3)cc2)ccc1OC. The fourth-order valence-corrected chi connectivity index (χ4v) is 4.81. The van der Waals surface area contributed by atoms with Crippen LogP contribution in [0.1, 0.15) is 22.8 Å². The van der Waals surface area contributed by atoms with E-state index >= 15 is 0 Å². The van der Waals surface area contributed by atoms with Crippen LogP contribution in [0.4, 0.5) is 5.69 Å². The molecule has 0 bridgehead atoms. The smallest absolute Gasteiger partial charge is 0.261 e. The molecule has 0 saturated carbocycles. The maximum absolute atomic E-state index is 12.8. The summed E-state index contributed by atoms with van der Waals surface area (Å²) < 4.78 is 33.4. The molecular weight excluding hydrogens is 432 g/mol. The van der Waals surface area contributed by atoms with Crippen molar-refractivity contribution in [3.63, 3.8) is 0 Å². The van der Waals surface area contributed by atoms with Crippen LogP contribution in [0, 0.1) is 0 Å². The van der Waals surface area contributed by atoms with Crippen molar-refractivity contribution in [2.75, 3.05) is 18.4 Å². The molecule has 0 aliphatic rings. The first-order valence-corrected chi connectivity index (χ1v) is 12.2. The van der Waals surface area contributed by atoms with Crippen LogP contribution in [-0.2, 0) is 15.8 Å². The number of carbonyl (C=O) groups is 1. The Bertz CT molecular complexity index is 1130. The van der Waals surface area contributed by atoms with Gasteiger partial charge in [0, 0.05) is 22.9 Å². The van der Waals surface area contributed by atoms with Crippen LogP contribution in [0.15, 0.2) is 82.6 Å². The summed E-state index contributed by atoms with van der Waals surface area (Å²) >= 11 is 1.71. The quantitative estimate of drug-likeness (QED) is 0.462. The van der Waals surface area contributed by atoms with Gasteiger partial charge in [0.05, 0.1) is 17.6 Å². The van der Waals surface area contributed by atoms with E-state index in [0.717, 1.165) is 11.3 Å². The van der Waals surface area contributed by atoms with Gasteiger partial charge in [0.25, 0.3) is 15.9 Å². The van der Waals surface area contributed by atoms with Crippen LogP contribution >= 0.6 is 11.8 Å². The third kappa shape index (κ3) is 6.02. The third-order valence-corrected chi connectivity index (χ3v) is 6.88. The summed E-state index contributed by atoms with van der Waals surface area (Å²) in [6.07, 6.45) is 0. The van der Waals surface area contributed by atoms with Gasteiger partial charge in [0.2, 0.25) is 0 Å². The van der Waals surface area contributed by atoms with E-state index in [1.807, 2.05) is 30.3 Å². The van der Waals surface area contributed by atoms with Crippen LogP contribution in [0.25, 0.3) is 0 Å². The van der Waals surface area contributed by atoms with Crippen molar-refractivity contribution in [3.8, 4) is 5.75 Å². The number of rotatable bonds is 9. The van der Waals surface area contributed by atoms with E-state index in [9.17, 15) is 13.2 Å². The Labute approximate surface area is 187 Å². The Morgan fingerprint density at radius 1 is 1.00 bits per heavy atom. The van der Waals surface area contributed by atoms with Crippen molar-refractivity contribution < 1.29 is 17.9 Å². The first kappa shape index (κ1) is 22.7. The summed E-state index contributed by atoms with van der Waals surface area (Å²) in [6.45, 7) is 2.21. The maximum Gasteiger partial charge on any atom is 0.261 e. The van der Waals surface area contributed by atoms with Gasteiger partial charge >= 0.3 is 0 Å². The van der Waals surface area contributed by atoms with Crippen LogP contribution < -0.4 is 14.8 Å². The highest BCUT2D eigenvalue weighted by atomic mass is 32.2. The Kier molecular flexibility index (Phi) is 7.59. The normalized spacial score (nSPS) is 11.0. The molecule has 3 aromatic rings. The number of amides is 1. The minimum Gasteiger partial charge on any atom is -0.496 e. The molecule has 0 unspecified atom stereocenters. The van der Waals surface area contributed by atoms with Crippen LogP contribution in [0.3, 0.4) is 0 Å². The van der Waals surface area contributed by atoms with E-state index in [4.69, 9.17) is 4.74 Å². The number of nitrogens with one attached hydrogen (secondary N) is 2. The van der Waals surface area contributed by atoms with E-state index < -0.39 is 15.9 Å². The Morgan fingerprint density at radius 2 is 1.71 bits per heavy atom. The summed E-state index contributed by atoms with van der Waals surface area (Å²) in [7, 11) is -2.44. The van der Waals surface area contributed by atoms with Gasteiger partial charge in [-0.3, -0.25) is 9.52 Å². The van der Waals surface area contributed by atoms with Gasteiger partial charge in [-0.1, -0.05) is 30.3 Å². The number of anilines is 1. The summed E-state index contributed by atoms with van der Waals surface area (Å²) in [6, 6.07) is 21.5. The lowest BCUT2D eigenvalue weighted by Crippen LogP contribution is -2.24. The zero-order chi connectivity index (χ0) is 22.3. The molecule has 3 aromatic carbocycles. The van der Waals surface area contributed by atoms with E-state index in [2.05, 4.69) is 22.2 Å². The Morgan fingerprint density at radius 3 is 2.35 bits per heavy atom. The van der Waals surface area contributed by atoms with Crippen LogP contribution in [0.2, 0.25) is 0 Å². The highest BCUT2D eigenvalue weighted by Gasteiger charge is 2.20. The first-order valence-electron chi connectivity index (χ1n) is 9.69. The third-order valence-electron chi connectivity index (χ3n) is 4.42. The fourth-order valence-electron chi connectivity index (χ4n) is 2.85. The standard InChI is InChI=1S/C23H24N2O4S2/c1-3-24-23(26)21-15-20(13-14-22(21)29-2)31(27,28)25-18-11-9-17(10-12-18)16-30-19-7-5-4-6-8-19/h4-15,25H,3,16H2,1-2H3,(H,24,26). The van der Waals surface area contributed by atoms with Crippen molar-refractivity contribution in [2.24, 2.45) is 0 Å². The summed E-state index contributed by atoms with van der Waals surface area (Å²) in [5.74, 6) is 0.702. The van der Waals surface area contributed by atoms with Gasteiger partial charge < -0.3 is 10.1 Å². The molecule has 0 fully saturated rings. The van der Waals surface area contributed by atoms with Crippen LogP contribution in [0.5, 0.6) is 5.75 Å². The van der Waals surface area contributed by atoms with Gasteiger partial charge in [-0.15, -0.1) is 11.8 Å². The number of sulfonamides is 1. The van der Waals surface area contributed by atoms with E-state index in [1.54, 1.807) is 30.8 Å². The second-order valence-corrected chi connectivity index (χ2v) is 9.36. The number of carbonyl (C=O) groups excluding carboxylic acids is 1. The molecular formula is C23H24N2O4S2. The van der Waals surface area contributed by atoms with Gasteiger partial charge in [-0.2, -0.15) is 0 Å². The number of ether oxygens (including phenoxy) is 1. The fraction of sp³-hybridized carbons (Fsp3) is 0.174. The second kappa shape index (κ2) is 10.4. The molecule has 0 atom stereocenters. The molecule has 2 N–H and O–H groups in total. The average molecular weight is 457 g/mol. The van der Waals surface area contributed by atoms with Crippen molar-refractivity contribution in [2.45, 2.75) is 22.5 Å². The minimum atomic E-state index is -3.87. The topological polar surface area (TPSA) is 84.5 Å². The van der Waals surface area contributed by atoms with Crippen LogP contribution in [-0.4, -0.2) is 28.0 Å². The van der Waals surface area contributed by atoms with Gasteiger partial charge in [-0.05, 0) is 55.0 Å². The number of thioether (sulfide) groups is 1. The number of benzene rings is 3. The molecule has 6 nitrogen and oxygen atoms in total.